The summed E-state index contributed by atoms with van der Waals surface area (Å²) >= 11 is 0. The summed E-state index contributed by atoms with van der Waals surface area (Å²) in [6.07, 6.45) is 1.93. The van der Waals surface area contributed by atoms with Crippen LogP contribution >= 0.6 is 0 Å². The average Bonchev–Trinajstić information content (AvgIpc) is 2.51. The van der Waals surface area contributed by atoms with Gasteiger partial charge in [0.15, 0.2) is 0 Å². The number of hydrogen-bond acceptors (Lipinski definition) is 0. The third-order valence-corrected chi connectivity index (χ3v) is 3.43. The standard InChI is InChI=1S/C20H17/c1-3-7-17(8-4-1)15-19-11-13-20(14-12-19)16-18-9-5-2-6-10-18/h1-13H,15-16H2. The van der Waals surface area contributed by atoms with E-state index in [9.17, 15) is 0 Å². The van der Waals surface area contributed by atoms with E-state index in [0.717, 1.165) is 12.8 Å². The Bertz CT molecular complexity index is 576. The summed E-state index contributed by atoms with van der Waals surface area (Å²) in [6, 6.07) is 31.0. The van der Waals surface area contributed by atoms with Crippen LogP contribution in [0.2, 0.25) is 0 Å². The highest BCUT2D eigenvalue weighted by Gasteiger charge is 1.99. The Kier molecular flexibility index (Phi) is 3.93. The first kappa shape index (κ1) is 12.7. The van der Waals surface area contributed by atoms with Crippen LogP contribution in [-0.4, -0.2) is 0 Å². The molecule has 0 aliphatic heterocycles. The summed E-state index contributed by atoms with van der Waals surface area (Å²) in [4.78, 5) is 0. The van der Waals surface area contributed by atoms with Gasteiger partial charge in [-0.1, -0.05) is 78.9 Å². The molecule has 0 fully saturated rings. The highest BCUT2D eigenvalue weighted by atomic mass is 14.0. The smallest absolute Gasteiger partial charge is 0.00196 e. The maximum absolute atomic E-state index is 3.41. The van der Waals surface area contributed by atoms with Crippen LogP contribution in [-0.2, 0) is 12.8 Å². The molecule has 0 unspecified atom stereocenters. The largest absolute Gasteiger partial charge is 0.0622 e. The van der Waals surface area contributed by atoms with E-state index in [2.05, 4.69) is 84.9 Å². The minimum absolute atomic E-state index is 0.951. The van der Waals surface area contributed by atoms with Crippen LogP contribution in [0, 0.1) is 6.07 Å². The first-order chi connectivity index (χ1) is 9.90. The Hall–Kier alpha value is -2.34. The van der Waals surface area contributed by atoms with E-state index in [-0.39, 0.29) is 0 Å². The van der Waals surface area contributed by atoms with Gasteiger partial charge in [0.05, 0.1) is 0 Å². The summed E-state index contributed by atoms with van der Waals surface area (Å²) in [5, 5.41) is 0. The van der Waals surface area contributed by atoms with Gasteiger partial charge in [0, 0.05) is 0 Å². The van der Waals surface area contributed by atoms with E-state index in [1.807, 2.05) is 0 Å². The highest BCUT2D eigenvalue weighted by molar-refractivity contribution is 5.30. The fraction of sp³-hybridized carbons (Fsp3) is 0.100. The van der Waals surface area contributed by atoms with Crippen molar-refractivity contribution in [2.75, 3.05) is 0 Å². The van der Waals surface area contributed by atoms with Gasteiger partial charge in [-0.15, -0.1) is 0 Å². The quantitative estimate of drug-likeness (QED) is 0.637. The third kappa shape index (κ3) is 3.36. The predicted molar refractivity (Wildman–Crippen MR) is 83.8 cm³/mol. The van der Waals surface area contributed by atoms with Gasteiger partial charge >= 0.3 is 0 Å². The van der Waals surface area contributed by atoms with E-state index in [0.29, 0.717) is 0 Å². The molecule has 1 radical (unpaired) electrons. The molecule has 3 rings (SSSR count). The molecule has 0 saturated carbocycles. The Morgan fingerprint density at radius 2 is 1.15 bits per heavy atom. The van der Waals surface area contributed by atoms with Crippen LogP contribution in [0.15, 0.2) is 78.9 Å². The molecule has 0 amide bonds. The van der Waals surface area contributed by atoms with Gasteiger partial charge in [-0.05, 0) is 41.2 Å². The van der Waals surface area contributed by atoms with Crippen LogP contribution in [0.25, 0.3) is 0 Å². The van der Waals surface area contributed by atoms with E-state index >= 15 is 0 Å². The second-order valence-electron chi connectivity index (χ2n) is 5.05. The molecular formula is C20H17. The summed E-state index contributed by atoms with van der Waals surface area (Å²) in [5.74, 6) is 0. The van der Waals surface area contributed by atoms with Crippen LogP contribution < -0.4 is 0 Å². The topological polar surface area (TPSA) is 0 Å². The lowest BCUT2D eigenvalue weighted by Crippen LogP contribution is -1.91. The molecule has 20 heavy (non-hydrogen) atoms. The SMILES string of the molecule is [c]1cc(Cc2ccccc2)ccc1Cc1ccccc1. The minimum Gasteiger partial charge on any atom is -0.0622 e. The predicted octanol–water partition coefficient (Wildman–Crippen LogP) is 4.67. The molecule has 0 aliphatic carbocycles. The molecule has 0 heterocycles. The Morgan fingerprint density at radius 1 is 0.550 bits per heavy atom. The van der Waals surface area contributed by atoms with Crippen LogP contribution in [0.1, 0.15) is 22.3 Å². The molecule has 3 aromatic carbocycles. The summed E-state index contributed by atoms with van der Waals surface area (Å²) < 4.78 is 0. The molecular weight excluding hydrogens is 240 g/mol. The second kappa shape index (κ2) is 6.21. The Balaban J connectivity index is 1.69. The molecule has 0 spiro atoms. The van der Waals surface area contributed by atoms with Gasteiger partial charge in [-0.3, -0.25) is 0 Å². The molecule has 0 bridgehead atoms. The Labute approximate surface area is 120 Å². The maximum Gasteiger partial charge on any atom is -0.00196 e. The molecule has 0 atom stereocenters. The second-order valence-corrected chi connectivity index (χ2v) is 5.05. The van der Waals surface area contributed by atoms with E-state index in [4.69, 9.17) is 0 Å². The molecule has 0 aromatic heterocycles. The first-order valence-electron chi connectivity index (χ1n) is 6.97. The third-order valence-electron chi connectivity index (χ3n) is 3.43. The van der Waals surface area contributed by atoms with Crippen LogP contribution in [0.3, 0.4) is 0 Å². The zero-order valence-corrected chi connectivity index (χ0v) is 11.4. The molecule has 97 valence electrons. The molecule has 3 aromatic rings. The van der Waals surface area contributed by atoms with Crippen LogP contribution in [0.4, 0.5) is 0 Å². The summed E-state index contributed by atoms with van der Waals surface area (Å²) in [5.41, 5.74) is 5.23. The van der Waals surface area contributed by atoms with Gasteiger partial charge < -0.3 is 0 Å². The van der Waals surface area contributed by atoms with E-state index in [1.165, 1.54) is 22.3 Å². The fourth-order valence-corrected chi connectivity index (χ4v) is 2.36. The van der Waals surface area contributed by atoms with Crippen molar-refractivity contribution in [2.24, 2.45) is 0 Å². The van der Waals surface area contributed by atoms with Crippen molar-refractivity contribution in [1.29, 1.82) is 0 Å². The number of rotatable bonds is 4. The summed E-state index contributed by atoms with van der Waals surface area (Å²) in [6.45, 7) is 0. The number of benzene rings is 3. The Morgan fingerprint density at radius 3 is 1.70 bits per heavy atom. The zero-order valence-electron chi connectivity index (χ0n) is 11.4. The van der Waals surface area contributed by atoms with Crippen molar-refractivity contribution < 1.29 is 0 Å². The highest BCUT2D eigenvalue weighted by Crippen LogP contribution is 2.13. The van der Waals surface area contributed by atoms with Gasteiger partial charge in [-0.2, -0.15) is 0 Å². The van der Waals surface area contributed by atoms with Crippen molar-refractivity contribution in [2.45, 2.75) is 12.8 Å². The van der Waals surface area contributed by atoms with Gasteiger partial charge in [0.1, 0.15) is 0 Å². The lowest BCUT2D eigenvalue weighted by molar-refractivity contribution is 1.15. The van der Waals surface area contributed by atoms with Crippen molar-refractivity contribution in [3.05, 3.63) is 107 Å². The monoisotopic (exact) mass is 257 g/mol. The normalized spacial score (nSPS) is 10.4. The minimum atomic E-state index is 0.951. The van der Waals surface area contributed by atoms with Gasteiger partial charge in [-0.25, -0.2) is 0 Å². The van der Waals surface area contributed by atoms with Crippen molar-refractivity contribution in [3.8, 4) is 0 Å². The summed E-state index contributed by atoms with van der Waals surface area (Å²) in [7, 11) is 0. The molecule has 0 nitrogen and oxygen atoms in total. The molecule has 0 heteroatoms. The number of hydrogen-bond donors (Lipinski definition) is 0. The van der Waals surface area contributed by atoms with Gasteiger partial charge in [0.2, 0.25) is 0 Å². The van der Waals surface area contributed by atoms with Crippen molar-refractivity contribution >= 4 is 0 Å². The van der Waals surface area contributed by atoms with E-state index in [1.54, 1.807) is 0 Å². The first-order valence-corrected chi connectivity index (χ1v) is 6.97. The van der Waals surface area contributed by atoms with Gasteiger partial charge in [0.25, 0.3) is 0 Å². The average molecular weight is 257 g/mol. The fourth-order valence-electron chi connectivity index (χ4n) is 2.36. The molecule has 0 saturated heterocycles. The molecule has 0 aliphatic rings. The van der Waals surface area contributed by atoms with E-state index < -0.39 is 0 Å². The van der Waals surface area contributed by atoms with Crippen molar-refractivity contribution in [1.82, 2.24) is 0 Å². The maximum atomic E-state index is 3.41. The van der Waals surface area contributed by atoms with Crippen LogP contribution in [0.5, 0.6) is 0 Å². The van der Waals surface area contributed by atoms with Crippen molar-refractivity contribution in [3.63, 3.8) is 0 Å². The lowest BCUT2D eigenvalue weighted by atomic mass is 10.0. The lowest BCUT2D eigenvalue weighted by Gasteiger charge is -2.04. The zero-order chi connectivity index (χ0) is 13.6. The molecule has 0 N–H and O–H groups in total.